The number of hydrogen-bond acceptors (Lipinski definition) is 7. The Morgan fingerprint density at radius 1 is 1.16 bits per heavy atom. The van der Waals surface area contributed by atoms with Crippen molar-refractivity contribution in [2.24, 2.45) is 5.92 Å². The summed E-state index contributed by atoms with van der Waals surface area (Å²) in [7, 11) is 0. The third-order valence-electron chi connectivity index (χ3n) is 10.6. The topological polar surface area (TPSA) is 66.4 Å². The number of fused-ring (bicyclic) bond motifs is 5. The van der Waals surface area contributed by atoms with E-state index in [1.807, 2.05) is 4.90 Å². The van der Waals surface area contributed by atoms with Crippen molar-refractivity contribution in [1.29, 1.82) is 0 Å². The zero-order chi connectivity index (χ0) is 30.4. The van der Waals surface area contributed by atoms with Gasteiger partial charge in [-0.05, 0) is 43.7 Å². The van der Waals surface area contributed by atoms with Gasteiger partial charge in [0, 0.05) is 61.9 Å². The Kier molecular flexibility index (Phi) is 6.57. The number of rotatable bonds is 7. The Morgan fingerprint density at radius 2 is 2.02 bits per heavy atom. The average Bonchev–Trinajstić information content (AvgIpc) is 3.58. The molecule has 1 aromatic carbocycles. The highest BCUT2D eigenvalue weighted by Gasteiger charge is 2.64. The summed E-state index contributed by atoms with van der Waals surface area (Å²) < 4.78 is 81.1. The predicted octanol–water partition coefficient (Wildman–Crippen LogP) is 5.98. The number of pyridine rings is 1. The molecule has 12 heteroatoms. The summed E-state index contributed by atoms with van der Waals surface area (Å²) in [5, 5.41) is 3.83. The third kappa shape index (κ3) is 4.30. The number of halogens is 5. The maximum absolute atomic E-state index is 15.2. The molecule has 4 fully saturated rings. The van der Waals surface area contributed by atoms with Gasteiger partial charge in [0.2, 0.25) is 0 Å². The first-order chi connectivity index (χ1) is 21.2. The molecule has 7 nitrogen and oxygen atoms in total. The second kappa shape index (κ2) is 10.2. The lowest BCUT2D eigenvalue weighted by Crippen LogP contribution is -2.50. The molecule has 44 heavy (non-hydrogen) atoms. The van der Waals surface area contributed by atoms with Gasteiger partial charge in [-0.3, -0.25) is 9.88 Å². The largest absolute Gasteiger partial charge is 0.461 e. The van der Waals surface area contributed by atoms with Gasteiger partial charge in [-0.25, -0.2) is 22.0 Å². The molecule has 0 radical (unpaired) electrons. The van der Waals surface area contributed by atoms with Crippen LogP contribution in [0.5, 0.6) is 6.01 Å². The number of hydrogen-bond donors (Lipinski definition) is 1. The van der Waals surface area contributed by atoms with Gasteiger partial charge in [-0.15, -0.1) is 0 Å². The van der Waals surface area contributed by atoms with Crippen LogP contribution in [0.1, 0.15) is 68.1 Å². The lowest BCUT2D eigenvalue weighted by atomic mass is 9.93. The van der Waals surface area contributed by atoms with Crippen molar-refractivity contribution in [3.05, 3.63) is 41.1 Å². The van der Waals surface area contributed by atoms with Gasteiger partial charge in [-0.2, -0.15) is 9.97 Å². The normalized spacial score (nSPS) is 30.6. The summed E-state index contributed by atoms with van der Waals surface area (Å²) in [5.41, 5.74) is -0.289. The van der Waals surface area contributed by atoms with Crippen LogP contribution < -0.4 is 15.0 Å². The summed E-state index contributed by atoms with van der Waals surface area (Å²) in [6, 6.07) is 4.63. The van der Waals surface area contributed by atoms with Crippen LogP contribution in [0.25, 0.3) is 22.2 Å². The SMILES string of the molecule is CCC1CN(c2nc(OC[C@@]34CCCN3C[C@H](F)C4)nc3c(C(F)F)c(-c4cccc5c4C4CC4C5(F)F)ncc23)CCN1. The van der Waals surface area contributed by atoms with E-state index >= 15 is 17.6 Å². The Morgan fingerprint density at radius 3 is 2.84 bits per heavy atom. The highest BCUT2D eigenvalue weighted by molar-refractivity contribution is 5.95. The third-order valence-corrected chi connectivity index (χ3v) is 10.6. The maximum atomic E-state index is 15.2. The molecule has 0 spiro atoms. The number of alkyl halides is 5. The van der Waals surface area contributed by atoms with Crippen molar-refractivity contribution < 1.29 is 26.7 Å². The quantitative estimate of drug-likeness (QED) is 0.329. The number of ether oxygens (including phenoxy) is 1. The van der Waals surface area contributed by atoms with Crippen molar-refractivity contribution in [2.45, 2.75) is 75.0 Å². The van der Waals surface area contributed by atoms with E-state index in [0.717, 1.165) is 25.8 Å². The number of nitrogens with zero attached hydrogens (tertiary/aromatic N) is 5. The van der Waals surface area contributed by atoms with E-state index in [2.05, 4.69) is 27.1 Å². The van der Waals surface area contributed by atoms with Crippen molar-refractivity contribution >= 4 is 16.7 Å². The van der Waals surface area contributed by atoms with Crippen molar-refractivity contribution in [3.63, 3.8) is 0 Å². The van der Waals surface area contributed by atoms with Gasteiger partial charge in [0.25, 0.3) is 12.3 Å². The lowest BCUT2D eigenvalue weighted by molar-refractivity contribution is -0.0224. The van der Waals surface area contributed by atoms with E-state index < -0.39 is 35.5 Å². The molecule has 3 saturated heterocycles. The highest BCUT2D eigenvalue weighted by Crippen LogP contribution is 2.68. The molecule has 3 unspecified atom stereocenters. The van der Waals surface area contributed by atoms with Crippen LogP contribution in [-0.2, 0) is 5.92 Å². The first-order valence-corrected chi connectivity index (χ1v) is 15.7. The van der Waals surface area contributed by atoms with Crippen LogP contribution in [0.4, 0.5) is 27.8 Å². The molecule has 3 aromatic rings. The molecule has 0 amide bonds. The van der Waals surface area contributed by atoms with Crippen LogP contribution in [0.15, 0.2) is 24.4 Å². The summed E-state index contributed by atoms with van der Waals surface area (Å²) in [5.74, 6) is -3.70. The summed E-state index contributed by atoms with van der Waals surface area (Å²) >= 11 is 0. The Labute approximate surface area is 252 Å². The van der Waals surface area contributed by atoms with E-state index in [4.69, 9.17) is 9.72 Å². The Balaban J connectivity index is 1.27. The van der Waals surface area contributed by atoms with Crippen molar-refractivity contribution in [2.75, 3.05) is 44.2 Å². The zero-order valence-corrected chi connectivity index (χ0v) is 24.5. The molecule has 3 aliphatic heterocycles. The molecule has 1 N–H and O–H groups in total. The number of nitrogens with one attached hydrogen (secondary N) is 1. The molecular weight excluding hydrogens is 579 g/mol. The fraction of sp³-hybridized carbons (Fsp3) is 0.594. The minimum atomic E-state index is -2.99. The average molecular weight is 615 g/mol. The zero-order valence-electron chi connectivity index (χ0n) is 24.5. The molecule has 5 aliphatic rings. The van der Waals surface area contributed by atoms with Crippen LogP contribution in [0.3, 0.4) is 0 Å². The van der Waals surface area contributed by atoms with Gasteiger partial charge in [-0.1, -0.05) is 25.1 Å². The van der Waals surface area contributed by atoms with E-state index in [0.29, 0.717) is 61.4 Å². The van der Waals surface area contributed by atoms with E-state index in [1.165, 1.54) is 18.3 Å². The van der Waals surface area contributed by atoms with E-state index in [9.17, 15) is 4.39 Å². The molecule has 234 valence electrons. The van der Waals surface area contributed by atoms with Gasteiger partial charge < -0.3 is 15.0 Å². The molecule has 1 saturated carbocycles. The number of benzene rings is 1. The minimum Gasteiger partial charge on any atom is -0.461 e. The standard InChI is InChI=1S/C32H35F5N6O/c1-2-18-15-42(10-8-38-18)29-21-13-39-26(19-5-3-6-22-24(19)20-11-23(20)32(22,36)37)25(28(34)35)27(21)40-30(41-29)44-16-31-7-4-9-43(31)14-17(33)12-31/h3,5-6,13,17-18,20,23,28,38H,2,4,7-12,14-16H2,1H3/t17-,18?,20?,23?,31+/m1/s1. The molecule has 5 heterocycles. The molecule has 8 rings (SSSR count). The van der Waals surface area contributed by atoms with Crippen LogP contribution in [0, 0.1) is 5.92 Å². The van der Waals surface area contributed by atoms with E-state index in [-0.39, 0.29) is 41.4 Å². The fourth-order valence-corrected chi connectivity index (χ4v) is 8.31. The van der Waals surface area contributed by atoms with Crippen LogP contribution in [0.2, 0.25) is 0 Å². The monoisotopic (exact) mass is 614 g/mol. The molecule has 2 aromatic heterocycles. The summed E-state index contributed by atoms with van der Waals surface area (Å²) in [6.07, 6.45) is 0.855. The van der Waals surface area contributed by atoms with Crippen molar-refractivity contribution in [1.82, 2.24) is 25.2 Å². The second-order valence-corrected chi connectivity index (χ2v) is 13.1. The van der Waals surface area contributed by atoms with Crippen LogP contribution >= 0.6 is 0 Å². The first kappa shape index (κ1) is 28.4. The van der Waals surface area contributed by atoms with E-state index in [1.54, 1.807) is 6.07 Å². The Bertz CT molecular complexity index is 1620. The first-order valence-electron chi connectivity index (χ1n) is 15.7. The van der Waals surface area contributed by atoms with Gasteiger partial charge in [0.1, 0.15) is 18.6 Å². The summed E-state index contributed by atoms with van der Waals surface area (Å²) in [4.78, 5) is 18.0. The second-order valence-electron chi connectivity index (χ2n) is 13.1. The Hall–Kier alpha value is -3.12. The lowest BCUT2D eigenvalue weighted by Gasteiger charge is -2.35. The van der Waals surface area contributed by atoms with Crippen LogP contribution in [-0.4, -0.2) is 76.9 Å². The smallest absolute Gasteiger partial charge is 0.319 e. The summed E-state index contributed by atoms with van der Waals surface area (Å²) in [6.45, 7) is 5.28. The van der Waals surface area contributed by atoms with Gasteiger partial charge in [0.15, 0.2) is 0 Å². The molecule has 5 atom stereocenters. The minimum absolute atomic E-state index is 0.00172. The predicted molar refractivity (Wildman–Crippen MR) is 155 cm³/mol. The molecule has 0 bridgehead atoms. The molecular formula is C32H35F5N6O. The van der Waals surface area contributed by atoms with Gasteiger partial charge in [0.05, 0.1) is 27.7 Å². The van der Waals surface area contributed by atoms with Crippen molar-refractivity contribution in [3.8, 4) is 17.3 Å². The number of aromatic nitrogens is 3. The fourth-order valence-electron chi connectivity index (χ4n) is 8.31. The van der Waals surface area contributed by atoms with Gasteiger partial charge >= 0.3 is 6.01 Å². The number of anilines is 1. The number of piperazine rings is 1. The highest BCUT2D eigenvalue weighted by atomic mass is 19.3. The molecule has 2 aliphatic carbocycles. The maximum Gasteiger partial charge on any atom is 0.319 e.